The van der Waals surface area contributed by atoms with Gasteiger partial charge in [-0.2, -0.15) is 5.10 Å². The van der Waals surface area contributed by atoms with Gasteiger partial charge in [-0.3, -0.25) is 19.1 Å². The van der Waals surface area contributed by atoms with E-state index in [1.54, 1.807) is 45.0 Å². The Kier molecular flexibility index (Phi) is 10.6. The van der Waals surface area contributed by atoms with E-state index in [1.807, 2.05) is 0 Å². The minimum Gasteiger partial charge on any atom is -0.460 e. The molecule has 1 heterocycles. The summed E-state index contributed by atoms with van der Waals surface area (Å²) >= 11 is 0. The van der Waals surface area contributed by atoms with Crippen LogP contribution in [0.25, 0.3) is 11.3 Å². The molecular formula is C35H43F3N4O4. The van der Waals surface area contributed by atoms with Crippen LogP contribution in [0.15, 0.2) is 42.5 Å². The molecule has 1 aromatic heterocycles. The molecule has 1 saturated carbocycles. The van der Waals surface area contributed by atoms with Crippen molar-refractivity contribution in [1.82, 2.24) is 20.4 Å². The quantitative estimate of drug-likeness (QED) is 0.198. The molecule has 4 rings (SSSR count). The number of benzene rings is 2. The third kappa shape index (κ3) is 9.20. The molecule has 0 radical (unpaired) electrons. The van der Waals surface area contributed by atoms with E-state index in [0.717, 1.165) is 37.8 Å². The number of carbonyl (C=O) groups is 3. The van der Waals surface area contributed by atoms with Crippen molar-refractivity contribution >= 4 is 17.8 Å². The molecule has 2 amide bonds. The zero-order chi connectivity index (χ0) is 33.8. The van der Waals surface area contributed by atoms with E-state index >= 15 is 0 Å². The Morgan fingerprint density at radius 2 is 1.50 bits per heavy atom. The number of rotatable bonds is 9. The standard InChI is InChI=1S/C35H43F3N4O4/c1-34(2,3)24-11-13-25(14-12-24)40-33(45)29-19-28(23-17-26(36)31(38)27(37)18-23)41-42(29)20-21-7-9-22(10-8-21)32(44)39-16-15-30(43)46-35(4,5)6/h7-10,17-19,24-25H,11-16,20H2,1-6H3,(H,39,44)(H,40,45). The topological polar surface area (TPSA) is 102 Å². The maximum atomic E-state index is 14.1. The fourth-order valence-corrected chi connectivity index (χ4v) is 5.63. The normalized spacial score (nSPS) is 17.0. The number of aromatic nitrogens is 2. The highest BCUT2D eigenvalue weighted by Crippen LogP contribution is 2.38. The van der Waals surface area contributed by atoms with Crippen molar-refractivity contribution in [1.29, 1.82) is 0 Å². The molecule has 1 fully saturated rings. The van der Waals surface area contributed by atoms with Crippen molar-refractivity contribution in [2.24, 2.45) is 11.3 Å². The summed E-state index contributed by atoms with van der Waals surface area (Å²) in [6, 6.07) is 9.74. The minimum atomic E-state index is -1.58. The average Bonchev–Trinajstić information content (AvgIpc) is 3.38. The molecule has 0 saturated heterocycles. The van der Waals surface area contributed by atoms with Crippen LogP contribution in [0.2, 0.25) is 0 Å². The van der Waals surface area contributed by atoms with Gasteiger partial charge in [0.05, 0.1) is 18.7 Å². The van der Waals surface area contributed by atoms with Gasteiger partial charge in [0.15, 0.2) is 17.5 Å². The number of carbonyl (C=O) groups excluding carboxylic acids is 3. The first-order chi connectivity index (χ1) is 21.5. The minimum absolute atomic E-state index is 0.00622. The van der Waals surface area contributed by atoms with Gasteiger partial charge in [-0.25, -0.2) is 13.2 Å². The van der Waals surface area contributed by atoms with Crippen LogP contribution in [-0.2, 0) is 16.1 Å². The molecule has 1 aliphatic carbocycles. The number of nitrogens with zero attached hydrogens (tertiary/aromatic N) is 2. The molecule has 1 aliphatic rings. The van der Waals surface area contributed by atoms with Crippen molar-refractivity contribution in [3.05, 3.63) is 76.7 Å². The lowest BCUT2D eigenvalue weighted by Crippen LogP contribution is -2.40. The Morgan fingerprint density at radius 3 is 2.07 bits per heavy atom. The maximum absolute atomic E-state index is 14.1. The fourth-order valence-electron chi connectivity index (χ4n) is 5.63. The van der Waals surface area contributed by atoms with Gasteiger partial charge in [0.1, 0.15) is 11.3 Å². The molecule has 8 nitrogen and oxygen atoms in total. The van der Waals surface area contributed by atoms with Crippen LogP contribution >= 0.6 is 0 Å². The first-order valence-corrected chi connectivity index (χ1v) is 15.6. The molecule has 0 aliphatic heterocycles. The summed E-state index contributed by atoms with van der Waals surface area (Å²) < 4.78 is 48.5. The Bertz CT molecular complexity index is 1540. The second-order valence-corrected chi connectivity index (χ2v) is 14.0. The number of nitrogens with one attached hydrogen (secondary N) is 2. The number of ether oxygens (including phenoxy) is 1. The van der Waals surface area contributed by atoms with Crippen LogP contribution in [-0.4, -0.2) is 45.8 Å². The highest BCUT2D eigenvalue weighted by Gasteiger charge is 2.31. The average molecular weight is 641 g/mol. The Balaban J connectivity index is 1.49. The van der Waals surface area contributed by atoms with Gasteiger partial charge in [0.25, 0.3) is 11.8 Å². The van der Waals surface area contributed by atoms with Crippen molar-refractivity contribution in [2.45, 2.75) is 91.8 Å². The van der Waals surface area contributed by atoms with E-state index in [2.05, 4.69) is 36.5 Å². The first kappa shape index (κ1) is 34.7. The van der Waals surface area contributed by atoms with E-state index in [4.69, 9.17) is 4.74 Å². The third-order valence-electron chi connectivity index (χ3n) is 8.16. The number of esters is 1. The highest BCUT2D eigenvalue weighted by molar-refractivity contribution is 5.95. The third-order valence-corrected chi connectivity index (χ3v) is 8.16. The van der Waals surface area contributed by atoms with Crippen LogP contribution < -0.4 is 10.6 Å². The van der Waals surface area contributed by atoms with Gasteiger partial charge >= 0.3 is 5.97 Å². The largest absolute Gasteiger partial charge is 0.460 e. The Morgan fingerprint density at radius 1 is 0.891 bits per heavy atom. The van der Waals surface area contributed by atoms with Crippen molar-refractivity contribution in [3.8, 4) is 11.3 Å². The second kappa shape index (κ2) is 14.1. The van der Waals surface area contributed by atoms with Gasteiger partial charge in [0, 0.05) is 23.7 Å². The van der Waals surface area contributed by atoms with Crippen LogP contribution in [0.3, 0.4) is 0 Å². The van der Waals surface area contributed by atoms with Crippen LogP contribution in [0.1, 0.15) is 100 Å². The summed E-state index contributed by atoms with van der Waals surface area (Å²) in [6.07, 6.45) is 3.70. The number of halogens is 3. The monoisotopic (exact) mass is 640 g/mol. The highest BCUT2D eigenvalue weighted by atomic mass is 19.2. The van der Waals surface area contributed by atoms with Gasteiger partial charge in [-0.1, -0.05) is 32.9 Å². The fraction of sp³-hybridized carbons (Fsp3) is 0.486. The lowest BCUT2D eigenvalue weighted by atomic mass is 9.71. The Labute approximate surface area is 268 Å². The molecule has 0 atom stereocenters. The molecule has 2 N–H and O–H groups in total. The van der Waals surface area contributed by atoms with Gasteiger partial charge in [-0.15, -0.1) is 0 Å². The summed E-state index contributed by atoms with van der Waals surface area (Å²) in [5.41, 5.74) is 0.949. The Hall–Kier alpha value is -4.15. The van der Waals surface area contributed by atoms with Gasteiger partial charge < -0.3 is 15.4 Å². The van der Waals surface area contributed by atoms with Gasteiger partial charge in [-0.05, 0) is 93.7 Å². The SMILES string of the molecule is CC(C)(C)OC(=O)CCNC(=O)c1ccc(Cn2nc(-c3cc(F)c(F)c(F)c3)cc2C(=O)NC2CCC(C(C)(C)C)CC2)cc1. The van der Waals surface area contributed by atoms with E-state index in [1.165, 1.54) is 10.7 Å². The van der Waals surface area contributed by atoms with Crippen LogP contribution in [0, 0.1) is 28.8 Å². The number of hydrogen-bond acceptors (Lipinski definition) is 5. The predicted molar refractivity (Wildman–Crippen MR) is 169 cm³/mol. The van der Waals surface area contributed by atoms with Crippen LogP contribution in [0.4, 0.5) is 13.2 Å². The van der Waals surface area contributed by atoms with Crippen molar-refractivity contribution in [3.63, 3.8) is 0 Å². The zero-order valence-electron chi connectivity index (χ0n) is 27.3. The van der Waals surface area contributed by atoms with Crippen LogP contribution in [0.5, 0.6) is 0 Å². The molecule has 46 heavy (non-hydrogen) atoms. The van der Waals surface area contributed by atoms with E-state index in [9.17, 15) is 27.6 Å². The second-order valence-electron chi connectivity index (χ2n) is 14.0. The molecule has 0 unspecified atom stereocenters. The van der Waals surface area contributed by atoms with Crippen molar-refractivity contribution < 1.29 is 32.3 Å². The molecule has 2 aromatic carbocycles. The van der Waals surface area contributed by atoms with E-state index in [-0.39, 0.29) is 59.7 Å². The number of amides is 2. The smallest absolute Gasteiger partial charge is 0.308 e. The van der Waals surface area contributed by atoms with Gasteiger partial charge in [0.2, 0.25) is 0 Å². The lowest BCUT2D eigenvalue weighted by molar-refractivity contribution is -0.154. The summed E-state index contributed by atoms with van der Waals surface area (Å²) in [6.45, 7) is 12.2. The molecule has 0 spiro atoms. The summed E-state index contributed by atoms with van der Waals surface area (Å²) in [5, 5.41) is 10.3. The molecule has 248 valence electrons. The van der Waals surface area contributed by atoms with Crippen molar-refractivity contribution in [2.75, 3.05) is 6.54 Å². The zero-order valence-corrected chi connectivity index (χ0v) is 27.3. The summed E-state index contributed by atoms with van der Waals surface area (Å²) in [7, 11) is 0. The van der Waals surface area contributed by atoms with E-state index < -0.39 is 29.0 Å². The molecule has 0 bridgehead atoms. The molecule has 11 heteroatoms. The maximum Gasteiger partial charge on any atom is 0.308 e. The molecular weight excluding hydrogens is 597 g/mol. The molecule has 3 aromatic rings. The van der Waals surface area contributed by atoms with E-state index in [0.29, 0.717) is 17.0 Å². The predicted octanol–water partition coefficient (Wildman–Crippen LogP) is 6.81. The summed E-state index contributed by atoms with van der Waals surface area (Å²) in [5.74, 6) is -4.88. The summed E-state index contributed by atoms with van der Waals surface area (Å²) in [4.78, 5) is 38.1. The first-order valence-electron chi connectivity index (χ1n) is 15.6. The lowest BCUT2D eigenvalue weighted by Gasteiger charge is -2.37. The number of hydrogen-bond donors (Lipinski definition) is 2.